The summed E-state index contributed by atoms with van der Waals surface area (Å²) in [5.41, 5.74) is 0.605. The van der Waals surface area contributed by atoms with Crippen molar-refractivity contribution < 1.29 is 14.8 Å². The van der Waals surface area contributed by atoms with Crippen LogP contribution in [0.5, 0.6) is 0 Å². The Labute approximate surface area is 140 Å². The maximum atomic E-state index is 12.6. The quantitative estimate of drug-likeness (QED) is 0.652. The molecule has 1 aliphatic heterocycles. The lowest BCUT2D eigenvalue weighted by atomic mass is 9.92. The smallest absolute Gasteiger partial charge is 0.282 e. The van der Waals surface area contributed by atoms with Gasteiger partial charge in [-0.1, -0.05) is 12.8 Å². The van der Waals surface area contributed by atoms with Gasteiger partial charge in [0.1, 0.15) is 5.56 Å². The Kier molecular flexibility index (Phi) is 4.99. The van der Waals surface area contributed by atoms with Gasteiger partial charge in [-0.05, 0) is 37.8 Å². The van der Waals surface area contributed by atoms with Gasteiger partial charge in [-0.15, -0.1) is 0 Å². The molecule has 0 radical (unpaired) electrons. The molecular formula is C17H23N3O4. The minimum atomic E-state index is -0.511. The molecule has 130 valence electrons. The maximum Gasteiger partial charge on any atom is 0.282 e. The van der Waals surface area contributed by atoms with Crippen molar-refractivity contribution in [3.8, 4) is 0 Å². The Bertz CT molecular complexity index is 628. The molecule has 1 aromatic rings. The molecule has 0 aromatic heterocycles. The van der Waals surface area contributed by atoms with E-state index in [4.69, 9.17) is 0 Å². The maximum absolute atomic E-state index is 12.6. The Hall–Kier alpha value is -2.15. The number of hydrogen-bond acceptors (Lipinski definition) is 5. The first-order chi connectivity index (χ1) is 11.6. The second kappa shape index (κ2) is 7.17. The number of aliphatic hydroxyl groups is 1. The Morgan fingerprint density at radius 3 is 2.58 bits per heavy atom. The summed E-state index contributed by atoms with van der Waals surface area (Å²) in [5, 5.41) is 24.6. The summed E-state index contributed by atoms with van der Waals surface area (Å²) >= 11 is 0. The van der Waals surface area contributed by atoms with Gasteiger partial charge in [-0.3, -0.25) is 14.9 Å². The van der Waals surface area contributed by atoms with E-state index in [1.807, 2.05) is 0 Å². The van der Waals surface area contributed by atoms with Gasteiger partial charge in [0.25, 0.3) is 11.6 Å². The van der Waals surface area contributed by atoms with Crippen molar-refractivity contribution in [3.63, 3.8) is 0 Å². The first-order valence-corrected chi connectivity index (χ1v) is 8.58. The van der Waals surface area contributed by atoms with Crippen LogP contribution in [0.25, 0.3) is 0 Å². The fourth-order valence-corrected chi connectivity index (χ4v) is 3.54. The van der Waals surface area contributed by atoms with Gasteiger partial charge >= 0.3 is 0 Å². The second-order valence-electron chi connectivity index (χ2n) is 6.59. The monoisotopic (exact) mass is 333 g/mol. The van der Waals surface area contributed by atoms with Gasteiger partial charge in [-0.25, -0.2) is 0 Å². The van der Waals surface area contributed by atoms with Crippen molar-refractivity contribution >= 4 is 17.3 Å². The average Bonchev–Trinajstić information content (AvgIpc) is 3.10. The van der Waals surface area contributed by atoms with Gasteiger partial charge < -0.3 is 15.3 Å². The number of rotatable bonds is 4. The molecule has 24 heavy (non-hydrogen) atoms. The van der Waals surface area contributed by atoms with Crippen molar-refractivity contribution in [1.29, 1.82) is 0 Å². The molecule has 0 spiro atoms. The van der Waals surface area contributed by atoms with E-state index in [0.29, 0.717) is 18.8 Å². The SMILES string of the molecule is O=C(c1cc(N[C@H]2CCCC[C@@H]2O)ccc1[N+](=O)[O-])N1CCCC1. The van der Waals surface area contributed by atoms with Crippen molar-refractivity contribution in [3.05, 3.63) is 33.9 Å². The lowest BCUT2D eigenvalue weighted by molar-refractivity contribution is -0.385. The van der Waals surface area contributed by atoms with Crippen LogP contribution in [0.4, 0.5) is 11.4 Å². The number of nitro benzene ring substituents is 1. The molecule has 1 saturated heterocycles. The molecular weight excluding hydrogens is 310 g/mol. The highest BCUT2D eigenvalue weighted by Crippen LogP contribution is 2.28. The normalized spacial score (nSPS) is 24.0. The Morgan fingerprint density at radius 1 is 1.21 bits per heavy atom. The number of aliphatic hydroxyl groups excluding tert-OH is 1. The van der Waals surface area contributed by atoms with Crippen LogP contribution < -0.4 is 5.32 Å². The summed E-state index contributed by atoms with van der Waals surface area (Å²) in [7, 11) is 0. The number of amides is 1. The Morgan fingerprint density at radius 2 is 1.92 bits per heavy atom. The third-order valence-corrected chi connectivity index (χ3v) is 4.90. The largest absolute Gasteiger partial charge is 0.391 e. The zero-order valence-corrected chi connectivity index (χ0v) is 13.6. The first-order valence-electron chi connectivity index (χ1n) is 8.58. The lowest BCUT2D eigenvalue weighted by Gasteiger charge is -2.29. The van der Waals surface area contributed by atoms with E-state index in [2.05, 4.69) is 5.32 Å². The fraction of sp³-hybridized carbons (Fsp3) is 0.588. The van der Waals surface area contributed by atoms with Crippen LogP contribution in [-0.2, 0) is 0 Å². The first kappa shape index (κ1) is 16.7. The molecule has 1 heterocycles. The number of hydrogen-bond donors (Lipinski definition) is 2. The molecule has 7 nitrogen and oxygen atoms in total. The predicted molar refractivity (Wildman–Crippen MR) is 90.1 cm³/mol. The molecule has 3 rings (SSSR count). The van der Waals surface area contributed by atoms with Crippen LogP contribution in [0.1, 0.15) is 48.9 Å². The number of nitrogens with one attached hydrogen (secondary N) is 1. The minimum absolute atomic E-state index is 0.0741. The highest BCUT2D eigenvalue weighted by Gasteiger charge is 2.28. The molecule has 1 saturated carbocycles. The minimum Gasteiger partial charge on any atom is -0.391 e. The van der Waals surface area contributed by atoms with Gasteiger partial charge in [0, 0.05) is 24.8 Å². The third kappa shape index (κ3) is 3.51. The zero-order valence-electron chi connectivity index (χ0n) is 13.6. The summed E-state index contributed by atoms with van der Waals surface area (Å²) in [6, 6.07) is 4.47. The number of anilines is 1. The molecule has 1 aromatic carbocycles. The summed E-state index contributed by atoms with van der Waals surface area (Å²) in [5.74, 6) is -0.285. The average molecular weight is 333 g/mol. The number of likely N-dealkylation sites (tertiary alicyclic amines) is 1. The van der Waals surface area contributed by atoms with Crippen LogP contribution in [0.2, 0.25) is 0 Å². The second-order valence-corrected chi connectivity index (χ2v) is 6.59. The topological polar surface area (TPSA) is 95.7 Å². The van der Waals surface area contributed by atoms with E-state index in [-0.39, 0.29) is 23.2 Å². The van der Waals surface area contributed by atoms with Crippen LogP contribution in [-0.4, -0.2) is 46.1 Å². The fourth-order valence-electron chi connectivity index (χ4n) is 3.54. The van der Waals surface area contributed by atoms with Gasteiger partial charge in [0.2, 0.25) is 0 Å². The summed E-state index contributed by atoms with van der Waals surface area (Å²) in [4.78, 5) is 25.1. The van der Waals surface area contributed by atoms with E-state index < -0.39 is 11.0 Å². The molecule has 1 aliphatic carbocycles. The van der Waals surface area contributed by atoms with Crippen LogP contribution >= 0.6 is 0 Å². The van der Waals surface area contributed by atoms with Crippen LogP contribution in [0, 0.1) is 10.1 Å². The van der Waals surface area contributed by atoms with Crippen molar-refractivity contribution in [2.45, 2.75) is 50.7 Å². The predicted octanol–water partition coefficient (Wildman–Crippen LogP) is 2.55. The highest BCUT2D eigenvalue weighted by molar-refractivity contribution is 5.99. The lowest BCUT2D eigenvalue weighted by Crippen LogP contribution is -2.36. The third-order valence-electron chi connectivity index (χ3n) is 4.90. The Balaban J connectivity index is 1.84. The van der Waals surface area contributed by atoms with E-state index in [0.717, 1.165) is 38.5 Å². The van der Waals surface area contributed by atoms with Crippen LogP contribution in [0.15, 0.2) is 18.2 Å². The molecule has 2 fully saturated rings. The molecule has 0 bridgehead atoms. The number of nitro groups is 1. The number of carbonyl (C=O) groups excluding carboxylic acids is 1. The molecule has 2 N–H and O–H groups in total. The van der Waals surface area contributed by atoms with E-state index in [1.54, 1.807) is 17.0 Å². The highest BCUT2D eigenvalue weighted by atomic mass is 16.6. The number of carbonyl (C=O) groups is 1. The standard InChI is InChI=1S/C17H23N3O4/c21-16-6-2-1-5-14(16)18-12-7-8-15(20(23)24)13(11-12)17(22)19-9-3-4-10-19/h7-8,11,14,16,18,21H,1-6,9-10H2/t14-,16-/m0/s1. The molecule has 7 heteroatoms. The van der Waals surface area contributed by atoms with Gasteiger partial charge in [-0.2, -0.15) is 0 Å². The van der Waals surface area contributed by atoms with E-state index in [9.17, 15) is 20.0 Å². The number of benzene rings is 1. The molecule has 2 aliphatic rings. The van der Waals surface area contributed by atoms with Crippen LogP contribution in [0.3, 0.4) is 0 Å². The summed E-state index contributed by atoms with van der Waals surface area (Å²) in [6.45, 7) is 1.30. The van der Waals surface area contributed by atoms with Crippen molar-refractivity contribution in [2.75, 3.05) is 18.4 Å². The number of nitrogens with zero attached hydrogens (tertiary/aromatic N) is 2. The van der Waals surface area contributed by atoms with Crippen molar-refractivity contribution in [2.24, 2.45) is 0 Å². The van der Waals surface area contributed by atoms with E-state index in [1.165, 1.54) is 6.07 Å². The van der Waals surface area contributed by atoms with E-state index >= 15 is 0 Å². The van der Waals surface area contributed by atoms with Gasteiger partial charge in [0.15, 0.2) is 0 Å². The summed E-state index contributed by atoms with van der Waals surface area (Å²) in [6.07, 6.45) is 5.11. The van der Waals surface area contributed by atoms with Crippen molar-refractivity contribution in [1.82, 2.24) is 4.90 Å². The molecule has 2 atom stereocenters. The summed E-state index contributed by atoms with van der Waals surface area (Å²) < 4.78 is 0. The molecule has 1 amide bonds. The zero-order chi connectivity index (χ0) is 17.1. The molecule has 0 unspecified atom stereocenters. The van der Waals surface area contributed by atoms with Gasteiger partial charge in [0.05, 0.1) is 17.1 Å².